The van der Waals surface area contributed by atoms with E-state index in [1.54, 1.807) is 0 Å². The minimum Gasteiger partial charge on any atom is -0.368 e. The van der Waals surface area contributed by atoms with Crippen molar-refractivity contribution in [1.29, 1.82) is 0 Å². The van der Waals surface area contributed by atoms with Crippen LogP contribution in [0.1, 0.15) is 12.8 Å². The van der Waals surface area contributed by atoms with Crippen molar-refractivity contribution in [2.45, 2.75) is 31.0 Å². The Balaban J connectivity index is 2.18. The van der Waals surface area contributed by atoms with Crippen molar-refractivity contribution >= 4 is 0 Å². The molecule has 2 aliphatic rings. The Bertz CT molecular complexity index is 206. The van der Waals surface area contributed by atoms with E-state index in [0.717, 1.165) is 19.4 Å². The largest absolute Gasteiger partial charge is 0.368 e. The third-order valence-electron chi connectivity index (χ3n) is 3.19. The van der Waals surface area contributed by atoms with Crippen LogP contribution in [0.2, 0.25) is 0 Å². The third-order valence-corrected chi connectivity index (χ3v) is 3.19. The van der Waals surface area contributed by atoms with Crippen LogP contribution >= 0.6 is 0 Å². The van der Waals surface area contributed by atoms with Crippen molar-refractivity contribution in [3.05, 3.63) is 0 Å². The Morgan fingerprint density at radius 3 is 2.54 bits per heavy atom. The second-order valence-corrected chi connectivity index (χ2v) is 3.96. The Morgan fingerprint density at radius 1 is 1.31 bits per heavy atom. The summed E-state index contributed by atoms with van der Waals surface area (Å²) in [5.41, 5.74) is 0. The van der Waals surface area contributed by atoms with Gasteiger partial charge in [0.25, 0.3) is 0 Å². The van der Waals surface area contributed by atoms with Crippen LogP contribution in [-0.2, 0) is 0 Å². The van der Waals surface area contributed by atoms with Crippen LogP contribution in [0.25, 0.3) is 0 Å². The molecule has 0 bridgehead atoms. The van der Waals surface area contributed by atoms with Crippen LogP contribution in [-0.4, -0.2) is 56.5 Å². The highest BCUT2D eigenvalue weighted by atomic mass is 16.5. The zero-order valence-corrected chi connectivity index (χ0v) is 7.30. The van der Waals surface area contributed by atoms with Crippen molar-refractivity contribution < 1.29 is 20.4 Å². The molecule has 2 heterocycles. The lowest BCUT2D eigenvalue weighted by Crippen LogP contribution is -2.48. The molecule has 0 aromatic heterocycles. The first-order chi connectivity index (χ1) is 6.03. The predicted molar refractivity (Wildman–Crippen MR) is 43.5 cm³/mol. The molecule has 2 rings (SSSR count). The van der Waals surface area contributed by atoms with E-state index in [9.17, 15) is 10.2 Å². The summed E-state index contributed by atoms with van der Waals surface area (Å²) in [6.07, 6.45) is 0.0125. The first kappa shape index (κ1) is 9.36. The number of hydrogen-bond acceptors (Lipinski definition) is 5. The number of hydrogen-bond donors (Lipinski definition) is 4. The second-order valence-electron chi connectivity index (χ2n) is 3.96. The minimum atomic E-state index is -1.94. The van der Waals surface area contributed by atoms with E-state index in [4.69, 9.17) is 10.2 Å². The third kappa shape index (κ3) is 1.28. The van der Waals surface area contributed by atoms with Gasteiger partial charge in [-0.05, 0) is 19.4 Å². The molecule has 0 spiro atoms. The zero-order valence-electron chi connectivity index (χ0n) is 7.30. The maximum absolute atomic E-state index is 9.69. The van der Waals surface area contributed by atoms with Crippen molar-refractivity contribution in [3.8, 4) is 0 Å². The first-order valence-corrected chi connectivity index (χ1v) is 4.58. The highest BCUT2D eigenvalue weighted by Crippen LogP contribution is 2.39. The average Bonchev–Trinajstić information content (AvgIpc) is 2.52. The number of aliphatic hydroxyl groups excluding tert-OH is 1. The number of nitrogens with zero attached hydrogens (tertiary/aromatic N) is 1. The second kappa shape index (κ2) is 2.90. The van der Waals surface area contributed by atoms with Crippen LogP contribution < -0.4 is 0 Å². The van der Waals surface area contributed by atoms with Gasteiger partial charge in [-0.15, -0.1) is 0 Å². The fourth-order valence-corrected chi connectivity index (χ4v) is 2.47. The average molecular weight is 189 g/mol. The standard InChI is InChI=1S/C8H15NO4/c10-7(11)5-4-9-3-1-2-6(9)8(5,12)13/h5-7,10-13H,1-4H2. The summed E-state index contributed by atoms with van der Waals surface area (Å²) < 4.78 is 0. The maximum atomic E-state index is 9.69. The van der Waals surface area contributed by atoms with Crippen molar-refractivity contribution in [3.63, 3.8) is 0 Å². The summed E-state index contributed by atoms with van der Waals surface area (Å²) in [5, 5.41) is 37.3. The molecule has 2 unspecified atom stereocenters. The Kier molecular flexibility index (Phi) is 2.08. The lowest BCUT2D eigenvalue weighted by Gasteiger charge is -2.28. The minimum absolute atomic E-state index is 0.320. The summed E-state index contributed by atoms with van der Waals surface area (Å²) >= 11 is 0. The van der Waals surface area contributed by atoms with E-state index < -0.39 is 18.0 Å². The molecular weight excluding hydrogens is 174 g/mol. The van der Waals surface area contributed by atoms with Gasteiger partial charge < -0.3 is 20.4 Å². The smallest absolute Gasteiger partial charge is 0.187 e. The highest BCUT2D eigenvalue weighted by molar-refractivity contribution is 5.01. The Labute approximate surface area is 76.2 Å². The van der Waals surface area contributed by atoms with Gasteiger partial charge in [0.2, 0.25) is 0 Å². The molecule has 76 valence electrons. The molecule has 5 heteroatoms. The molecule has 0 radical (unpaired) electrons. The summed E-state index contributed by atoms with van der Waals surface area (Å²) in [6.45, 7) is 1.17. The van der Waals surface area contributed by atoms with Gasteiger partial charge in [-0.3, -0.25) is 4.90 Å². The van der Waals surface area contributed by atoms with E-state index in [0.29, 0.717) is 6.54 Å². The van der Waals surface area contributed by atoms with E-state index in [1.165, 1.54) is 0 Å². The van der Waals surface area contributed by atoms with E-state index in [1.807, 2.05) is 4.90 Å². The van der Waals surface area contributed by atoms with Crippen molar-refractivity contribution in [2.75, 3.05) is 13.1 Å². The van der Waals surface area contributed by atoms with Gasteiger partial charge in [-0.25, -0.2) is 0 Å². The maximum Gasteiger partial charge on any atom is 0.187 e. The van der Waals surface area contributed by atoms with E-state index in [2.05, 4.69) is 0 Å². The quantitative estimate of drug-likeness (QED) is 0.361. The molecular formula is C8H15NO4. The Hall–Kier alpha value is -0.200. The van der Waals surface area contributed by atoms with Crippen LogP contribution in [0.5, 0.6) is 0 Å². The number of fused-ring (bicyclic) bond motifs is 1. The van der Waals surface area contributed by atoms with Crippen molar-refractivity contribution in [1.82, 2.24) is 4.90 Å². The monoisotopic (exact) mass is 189 g/mol. The van der Waals surface area contributed by atoms with Crippen LogP contribution in [0, 0.1) is 5.92 Å². The van der Waals surface area contributed by atoms with Gasteiger partial charge in [0.05, 0.1) is 12.0 Å². The van der Waals surface area contributed by atoms with E-state index in [-0.39, 0.29) is 6.04 Å². The molecule has 0 aliphatic carbocycles. The van der Waals surface area contributed by atoms with Crippen LogP contribution in [0.4, 0.5) is 0 Å². The highest BCUT2D eigenvalue weighted by Gasteiger charge is 2.55. The topological polar surface area (TPSA) is 84.2 Å². The zero-order chi connectivity index (χ0) is 9.64. The molecule has 2 aliphatic heterocycles. The molecule has 13 heavy (non-hydrogen) atoms. The van der Waals surface area contributed by atoms with E-state index >= 15 is 0 Å². The van der Waals surface area contributed by atoms with Gasteiger partial charge in [0.1, 0.15) is 0 Å². The summed E-state index contributed by atoms with van der Waals surface area (Å²) in [5.74, 6) is -2.80. The molecule has 0 aromatic rings. The Morgan fingerprint density at radius 2 is 2.00 bits per heavy atom. The molecule has 4 N–H and O–H groups in total. The van der Waals surface area contributed by atoms with Gasteiger partial charge in [0, 0.05) is 6.54 Å². The van der Waals surface area contributed by atoms with Crippen LogP contribution in [0.15, 0.2) is 0 Å². The van der Waals surface area contributed by atoms with Gasteiger partial charge in [0.15, 0.2) is 12.1 Å². The predicted octanol–water partition coefficient (Wildman–Crippen LogP) is -1.93. The summed E-state index contributed by atoms with van der Waals surface area (Å²) in [7, 11) is 0. The lowest BCUT2D eigenvalue weighted by molar-refractivity contribution is -0.244. The van der Waals surface area contributed by atoms with Gasteiger partial charge in [-0.1, -0.05) is 0 Å². The fourth-order valence-electron chi connectivity index (χ4n) is 2.47. The van der Waals surface area contributed by atoms with Gasteiger partial charge >= 0.3 is 0 Å². The van der Waals surface area contributed by atoms with Crippen LogP contribution in [0.3, 0.4) is 0 Å². The molecule has 0 amide bonds. The lowest BCUT2D eigenvalue weighted by atomic mass is 9.95. The summed E-state index contributed by atoms with van der Waals surface area (Å²) in [6, 6.07) is -0.320. The van der Waals surface area contributed by atoms with Gasteiger partial charge in [-0.2, -0.15) is 0 Å². The first-order valence-electron chi connectivity index (χ1n) is 4.58. The van der Waals surface area contributed by atoms with Crippen molar-refractivity contribution in [2.24, 2.45) is 5.92 Å². The number of rotatable bonds is 1. The molecule has 0 aromatic carbocycles. The number of aliphatic hydroxyl groups is 4. The SMILES string of the molecule is OC(O)C1CN2CCCC2C1(O)O. The molecule has 5 nitrogen and oxygen atoms in total. The summed E-state index contributed by atoms with van der Waals surface area (Å²) in [4.78, 5) is 1.91. The normalized spacial score (nSPS) is 38.5. The molecule has 2 atom stereocenters. The fraction of sp³-hybridized carbons (Fsp3) is 1.00. The molecule has 2 saturated heterocycles. The molecule has 0 saturated carbocycles. The molecule has 2 fully saturated rings.